The number of nitrogens with one attached hydrogen (secondary N) is 2. The molecule has 2 aromatic carbocycles. The predicted molar refractivity (Wildman–Crippen MR) is 110 cm³/mol. The summed E-state index contributed by atoms with van der Waals surface area (Å²) < 4.78 is 5.80. The second-order valence-corrected chi connectivity index (χ2v) is 7.05. The van der Waals surface area contributed by atoms with E-state index in [0.717, 1.165) is 19.4 Å². The topological polar surface area (TPSA) is 70.7 Å². The third-order valence-electron chi connectivity index (χ3n) is 4.64. The lowest BCUT2D eigenvalue weighted by Crippen LogP contribution is -2.44. The molecule has 6 nitrogen and oxygen atoms in total. The van der Waals surface area contributed by atoms with Gasteiger partial charge in [0.2, 0.25) is 5.91 Å². The monoisotopic (exact) mass is 381 g/mol. The first-order chi connectivity index (χ1) is 13.6. The maximum atomic E-state index is 12.2. The molecule has 1 atom stereocenters. The second kappa shape index (κ2) is 9.78. The Morgan fingerprint density at radius 1 is 1.18 bits per heavy atom. The number of hydrogen-bond donors (Lipinski definition) is 2. The number of likely N-dealkylation sites (tertiary alicyclic amines) is 1. The zero-order chi connectivity index (χ0) is 19.8. The lowest BCUT2D eigenvalue weighted by Gasteiger charge is -2.21. The normalized spacial score (nSPS) is 14.6. The molecule has 6 heteroatoms. The number of ether oxygens (including phenoxy) is 1. The van der Waals surface area contributed by atoms with E-state index >= 15 is 0 Å². The van der Waals surface area contributed by atoms with E-state index in [0.29, 0.717) is 31.0 Å². The first-order valence-corrected chi connectivity index (χ1v) is 9.72. The number of urea groups is 1. The molecule has 0 aromatic heterocycles. The molecule has 1 saturated heterocycles. The number of carbonyl (C=O) groups is 2. The van der Waals surface area contributed by atoms with Crippen molar-refractivity contribution < 1.29 is 14.3 Å². The van der Waals surface area contributed by atoms with Crippen molar-refractivity contribution in [3.05, 3.63) is 60.2 Å². The number of carbonyl (C=O) groups excluding carboxylic acids is 2. The summed E-state index contributed by atoms with van der Waals surface area (Å²) in [5.74, 6) is 0.874. The average Bonchev–Trinajstić information content (AvgIpc) is 3.07. The smallest absolute Gasteiger partial charge is 0.319 e. The molecule has 1 aliphatic rings. The Kier molecular flexibility index (Phi) is 6.89. The van der Waals surface area contributed by atoms with Crippen LogP contribution in [0.1, 0.15) is 25.3 Å². The van der Waals surface area contributed by atoms with Gasteiger partial charge in [0.15, 0.2) is 0 Å². The van der Waals surface area contributed by atoms with E-state index in [1.807, 2.05) is 43.3 Å². The van der Waals surface area contributed by atoms with Gasteiger partial charge in [-0.05, 0) is 31.0 Å². The van der Waals surface area contributed by atoms with Crippen LogP contribution in [0, 0.1) is 0 Å². The molecule has 0 aliphatic carbocycles. The number of hydrogen-bond acceptors (Lipinski definition) is 3. The summed E-state index contributed by atoms with van der Waals surface area (Å²) in [5, 5.41) is 5.70. The molecule has 1 aliphatic heterocycles. The van der Waals surface area contributed by atoms with Crippen molar-refractivity contribution in [2.75, 3.05) is 25.0 Å². The highest BCUT2D eigenvalue weighted by atomic mass is 16.5. The quantitative estimate of drug-likeness (QED) is 0.736. The Hall–Kier alpha value is -3.02. The van der Waals surface area contributed by atoms with Crippen LogP contribution in [-0.2, 0) is 11.2 Å². The van der Waals surface area contributed by atoms with Crippen molar-refractivity contribution in [2.24, 2.45) is 0 Å². The summed E-state index contributed by atoms with van der Waals surface area (Å²) in [6, 6.07) is 17.1. The van der Waals surface area contributed by atoms with Crippen LogP contribution in [0.3, 0.4) is 0 Å². The van der Waals surface area contributed by atoms with Gasteiger partial charge in [-0.15, -0.1) is 0 Å². The number of rotatable bonds is 8. The average molecular weight is 381 g/mol. The summed E-state index contributed by atoms with van der Waals surface area (Å²) in [6.07, 6.45) is 2.33. The van der Waals surface area contributed by atoms with Crippen LogP contribution in [0.2, 0.25) is 0 Å². The zero-order valence-electron chi connectivity index (χ0n) is 16.2. The summed E-state index contributed by atoms with van der Waals surface area (Å²) in [5.41, 5.74) is 1.89. The molecule has 2 aromatic rings. The highest BCUT2D eigenvalue weighted by Crippen LogP contribution is 2.18. The van der Waals surface area contributed by atoms with Crippen LogP contribution >= 0.6 is 0 Å². The van der Waals surface area contributed by atoms with Gasteiger partial charge in [0.05, 0.1) is 6.61 Å². The Labute approximate surface area is 165 Å². The van der Waals surface area contributed by atoms with Crippen molar-refractivity contribution in [3.8, 4) is 5.75 Å². The van der Waals surface area contributed by atoms with Crippen molar-refractivity contribution in [1.29, 1.82) is 0 Å². The maximum Gasteiger partial charge on any atom is 0.319 e. The summed E-state index contributed by atoms with van der Waals surface area (Å²) in [7, 11) is 0. The Morgan fingerprint density at radius 2 is 2.00 bits per heavy atom. The fourth-order valence-corrected chi connectivity index (χ4v) is 3.26. The van der Waals surface area contributed by atoms with Gasteiger partial charge in [-0.25, -0.2) is 4.79 Å². The highest BCUT2D eigenvalue weighted by Gasteiger charge is 2.22. The van der Waals surface area contributed by atoms with Crippen LogP contribution in [-0.4, -0.2) is 42.6 Å². The fraction of sp³-hybridized carbons (Fsp3) is 0.364. The van der Waals surface area contributed by atoms with Crippen molar-refractivity contribution in [2.45, 2.75) is 32.2 Å². The van der Waals surface area contributed by atoms with Crippen LogP contribution < -0.4 is 15.4 Å². The van der Waals surface area contributed by atoms with E-state index < -0.39 is 0 Å². The first-order valence-electron chi connectivity index (χ1n) is 9.72. The van der Waals surface area contributed by atoms with E-state index in [4.69, 9.17) is 4.74 Å². The van der Waals surface area contributed by atoms with Crippen LogP contribution in [0.4, 0.5) is 10.5 Å². The van der Waals surface area contributed by atoms with Gasteiger partial charge >= 0.3 is 6.03 Å². The molecule has 3 rings (SSSR count). The minimum Gasteiger partial charge on any atom is -0.493 e. The van der Waals surface area contributed by atoms with Gasteiger partial charge in [0.25, 0.3) is 0 Å². The minimum atomic E-state index is -0.291. The fourth-order valence-electron chi connectivity index (χ4n) is 3.26. The molecule has 0 unspecified atom stereocenters. The maximum absolute atomic E-state index is 12.2. The van der Waals surface area contributed by atoms with E-state index in [1.54, 1.807) is 11.0 Å². The van der Waals surface area contributed by atoms with Gasteiger partial charge in [-0.2, -0.15) is 0 Å². The van der Waals surface area contributed by atoms with E-state index in [1.165, 1.54) is 5.56 Å². The number of amides is 3. The Balaban J connectivity index is 1.44. The first kappa shape index (κ1) is 19.7. The van der Waals surface area contributed by atoms with Crippen LogP contribution in [0.25, 0.3) is 0 Å². The van der Waals surface area contributed by atoms with E-state index in [2.05, 4.69) is 22.8 Å². The molecule has 0 radical (unpaired) electrons. The van der Waals surface area contributed by atoms with Gasteiger partial charge in [-0.1, -0.05) is 36.4 Å². The van der Waals surface area contributed by atoms with Crippen molar-refractivity contribution in [3.63, 3.8) is 0 Å². The molecular weight excluding hydrogens is 354 g/mol. The molecule has 3 amide bonds. The van der Waals surface area contributed by atoms with Gasteiger partial charge in [0.1, 0.15) is 5.75 Å². The molecule has 148 valence electrons. The molecule has 28 heavy (non-hydrogen) atoms. The number of nitrogens with zero attached hydrogens (tertiary/aromatic N) is 1. The van der Waals surface area contributed by atoms with E-state index in [-0.39, 0.29) is 18.0 Å². The molecule has 0 saturated carbocycles. The molecule has 0 spiro atoms. The number of benzene rings is 2. The second-order valence-electron chi connectivity index (χ2n) is 7.05. The van der Waals surface area contributed by atoms with Crippen molar-refractivity contribution in [1.82, 2.24) is 10.2 Å². The standard InChI is InChI=1S/C22H27N3O3/c1-17(16-25-13-6-11-21(25)26)23-22(27)24-19-9-5-10-20(15-19)28-14-12-18-7-3-2-4-8-18/h2-5,7-10,15,17H,6,11-14,16H2,1H3,(H2,23,24,27)/t17-/m1/s1. The molecule has 2 N–H and O–H groups in total. The Bertz CT molecular complexity index is 795. The van der Waals surface area contributed by atoms with Gasteiger partial charge in [-0.3, -0.25) is 4.79 Å². The minimum absolute atomic E-state index is 0.118. The lowest BCUT2D eigenvalue weighted by molar-refractivity contribution is -0.127. The molecule has 0 bridgehead atoms. The van der Waals surface area contributed by atoms with Crippen molar-refractivity contribution >= 4 is 17.6 Å². The van der Waals surface area contributed by atoms with Crippen LogP contribution in [0.5, 0.6) is 5.75 Å². The third kappa shape index (κ3) is 6.01. The predicted octanol–water partition coefficient (Wildman–Crippen LogP) is 3.44. The molecule has 1 heterocycles. The van der Waals surface area contributed by atoms with Crippen LogP contribution in [0.15, 0.2) is 54.6 Å². The summed E-state index contributed by atoms with van der Waals surface area (Å²) >= 11 is 0. The largest absolute Gasteiger partial charge is 0.493 e. The van der Waals surface area contributed by atoms with E-state index in [9.17, 15) is 9.59 Å². The zero-order valence-corrected chi connectivity index (χ0v) is 16.2. The SMILES string of the molecule is C[C@H](CN1CCCC1=O)NC(=O)Nc1cccc(OCCc2ccccc2)c1. The molecular formula is C22H27N3O3. The summed E-state index contributed by atoms with van der Waals surface area (Å²) in [4.78, 5) is 25.7. The lowest BCUT2D eigenvalue weighted by atomic mass is 10.2. The highest BCUT2D eigenvalue weighted by molar-refractivity contribution is 5.89. The number of anilines is 1. The summed E-state index contributed by atoms with van der Waals surface area (Å²) in [6.45, 7) is 3.78. The van der Waals surface area contributed by atoms with Gasteiger partial charge in [0, 0.05) is 43.7 Å². The third-order valence-corrected chi connectivity index (χ3v) is 4.64. The van der Waals surface area contributed by atoms with Gasteiger partial charge < -0.3 is 20.3 Å². The Morgan fingerprint density at radius 3 is 2.75 bits per heavy atom. The molecule has 1 fully saturated rings.